The number of hydrogen-bond donors (Lipinski definition) is 3. The highest BCUT2D eigenvalue weighted by molar-refractivity contribution is 5.96. The molecule has 1 amide bonds. The van der Waals surface area contributed by atoms with Crippen LogP contribution in [0, 0.1) is 0 Å². The first-order valence-electron chi connectivity index (χ1n) is 8.56. The Morgan fingerprint density at radius 2 is 1.57 bits per heavy atom. The molecule has 0 unspecified atom stereocenters. The van der Waals surface area contributed by atoms with Crippen molar-refractivity contribution >= 4 is 24.1 Å². The molecule has 0 bridgehead atoms. The van der Waals surface area contributed by atoms with E-state index in [0.29, 0.717) is 11.3 Å². The van der Waals surface area contributed by atoms with Gasteiger partial charge in [0.05, 0.1) is 24.5 Å². The maximum Gasteiger partial charge on any atom is 0.335 e. The molecular formula is C21H16N2O7. The lowest BCUT2D eigenvalue weighted by molar-refractivity contribution is 0.0696. The second-order valence-corrected chi connectivity index (χ2v) is 6.04. The molecule has 9 nitrogen and oxygen atoms in total. The number of benzene rings is 2. The van der Waals surface area contributed by atoms with Gasteiger partial charge in [-0.2, -0.15) is 5.10 Å². The maximum atomic E-state index is 12.1. The first kappa shape index (κ1) is 20.3. The van der Waals surface area contributed by atoms with Crippen LogP contribution in [0.25, 0.3) is 11.3 Å². The third-order valence-corrected chi connectivity index (χ3v) is 4.05. The Kier molecular flexibility index (Phi) is 5.92. The first-order chi connectivity index (χ1) is 14.4. The van der Waals surface area contributed by atoms with Gasteiger partial charge in [-0.15, -0.1) is 0 Å². The average molecular weight is 408 g/mol. The molecule has 0 radical (unpaired) electrons. The Morgan fingerprint density at radius 1 is 0.933 bits per heavy atom. The Hall–Kier alpha value is -4.40. The summed E-state index contributed by atoms with van der Waals surface area (Å²) in [6, 6.07) is 13.2. The molecule has 1 aromatic heterocycles. The van der Waals surface area contributed by atoms with E-state index < -0.39 is 17.8 Å². The fraction of sp³-hybridized carbons (Fsp3) is 0.0476. The van der Waals surface area contributed by atoms with Crippen molar-refractivity contribution in [3.63, 3.8) is 0 Å². The highest BCUT2D eigenvalue weighted by atomic mass is 16.5. The van der Waals surface area contributed by atoms with E-state index in [1.807, 2.05) is 0 Å². The molecule has 0 atom stereocenters. The molecule has 0 aliphatic heterocycles. The van der Waals surface area contributed by atoms with E-state index in [2.05, 4.69) is 10.5 Å². The second kappa shape index (κ2) is 8.74. The standard InChI is InChI=1S/C21H16N2O7/c1-29-16-4-2-12(3-5-16)19(24)23-22-11-17-6-7-18(30-17)13-8-14(20(25)26)10-15(9-13)21(27)28/h2-11H,1H3,(H,23,24)(H,25,26)(H,27,28)/b22-11-. The Morgan fingerprint density at radius 3 is 2.13 bits per heavy atom. The van der Waals surface area contributed by atoms with E-state index in [1.54, 1.807) is 36.4 Å². The van der Waals surface area contributed by atoms with Gasteiger partial charge in [0, 0.05) is 11.1 Å². The van der Waals surface area contributed by atoms with Gasteiger partial charge in [0.25, 0.3) is 5.91 Å². The largest absolute Gasteiger partial charge is 0.497 e. The van der Waals surface area contributed by atoms with Gasteiger partial charge in [-0.05, 0) is 54.6 Å². The molecule has 9 heteroatoms. The van der Waals surface area contributed by atoms with E-state index in [0.717, 1.165) is 6.07 Å². The van der Waals surface area contributed by atoms with Crippen molar-refractivity contribution in [3.05, 3.63) is 77.0 Å². The van der Waals surface area contributed by atoms with Crippen LogP contribution in [-0.2, 0) is 0 Å². The number of ether oxygens (including phenoxy) is 1. The molecule has 30 heavy (non-hydrogen) atoms. The van der Waals surface area contributed by atoms with Crippen molar-refractivity contribution in [2.45, 2.75) is 0 Å². The number of carboxylic acid groups (broad SMARTS) is 2. The summed E-state index contributed by atoms with van der Waals surface area (Å²) in [5.41, 5.74) is 2.68. The lowest BCUT2D eigenvalue weighted by Crippen LogP contribution is -2.17. The van der Waals surface area contributed by atoms with Gasteiger partial charge in [-0.1, -0.05) is 0 Å². The molecule has 0 aliphatic rings. The number of carbonyl (C=O) groups excluding carboxylic acids is 1. The van der Waals surface area contributed by atoms with Gasteiger partial charge in [0.15, 0.2) is 0 Å². The van der Waals surface area contributed by atoms with Crippen molar-refractivity contribution in [3.8, 4) is 17.1 Å². The highest BCUT2D eigenvalue weighted by Gasteiger charge is 2.14. The van der Waals surface area contributed by atoms with Crippen molar-refractivity contribution in [1.29, 1.82) is 0 Å². The predicted molar refractivity (Wildman–Crippen MR) is 106 cm³/mol. The smallest absolute Gasteiger partial charge is 0.335 e. The van der Waals surface area contributed by atoms with Gasteiger partial charge in [0.1, 0.15) is 17.3 Å². The summed E-state index contributed by atoms with van der Waals surface area (Å²) in [6.07, 6.45) is 1.27. The number of aromatic carboxylic acids is 2. The number of amides is 1. The van der Waals surface area contributed by atoms with E-state index in [9.17, 15) is 14.4 Å². The Balaban J connectivity index is 1.74. The minimum atomic E-state index is -1.26. The number of rotatable bonds is 7. The van der Waals surface area contributed by atoms with Crippen LogP contribution < -0.4 is 10.2 Å². The molecule has 152 valence electrons. The summed E-state index contributed by atoms with van der Waals surface area (Å²) in [7, 11) is 1.53. The third-order valence-electron chi connectivity index (χ3n) is 4.05. The zero-order valence-electron chi connectivity index (χ0n) is 15.7. The molecule has 3 rings (SSSR count). The van der Waals surface area contributed by atoms with Gasteiger partial charge >= 0.3 is 11.9 Å². The summed E-state index contributed by atoms with van der Waals surface area (Å²) in [5.74, 6) is -1.79. The molecule has 3 N–H and O–H groups in total. The minimum Gasteiger partial charge on any atom is -0.497 e. The molecule has 0 saturated carbocycles. The fourth-order valence-electron chi connectivity index (χ4n) is 2.56. The average Bonchev–Trinajstić information content (AvgIpc) is 3.22. The Labute approximate surface area is 170 Å². The third kappa shape index (κ3) is 4.71. The zero-order valence-corrected chi connectivity index (χ0v) is 15.7. The van der Waals surface area contributed by atoms with E-state index in [4.69, 9.17) is 19.4 Å². The molecule has 1 heterocycles. The fourth-order valence-corrected chi connectivity index (χ4v) is 2.56. The Bertz CT molecular complexity index is 1100. The van der Waals surface area contributed by atoms with Gasteiger partial charge in [-0.25, -0.2) is 15.0 Å². The summed E-state index contributed by atoms with van der Waals surface area (Å²) < 4.78 is 10.6. The van der Waals surface area contributed by atoms with Gasteiger partial charge in [0.2, 0.25) is 0 Å². The van der Waals surface area contributed by atoms with Crippen LogP contribution in [-0.4, -0.2) is 41.4 Å². The molecule has 0 saturated heterocycles. The van der Waals surface area contributed by atoms with Gasteiger partial charge in [-0.3, -0.25) is 4.79 Å². The number of carbonyl (C=O) groups is 3. The molecule has 3 aromatic rings. The lowest BCUT2D eigenvalue weighted by Gasteiger charge is -2.03. The summed E-state index contributed by atoms with van der Waals surface area (Å²) in [6.45, 7) is 0. The van der Waals surface area contributed by atoms with Crippen molar-refractivity contribution in [2.24, 2.45) is 5.10 Å². The van der Waals surface area contributed by atoms with E-state index in [-0.39, 0.29) is 28.2 Å². The number of methoxy groups -OCH3 is 1. The molecular weight excluding hydrogens is 392 g/mol. The predicted octanol–water partition coefficient (Wildman–Crippen LogP) is 3.12. The number of hydrazone groups is 1. The molecule has 2 aromatic carbocycles. The van der Waals surface area contributed by atoms with Crippen molar-refractivity contribution in [2.75, 3.05) is 7.11 Å². The monoisotopic (exact) mass is 408 g/mol. The van der Waals surface area contributed by atoms with Gasteiger partial charge < -0.3 is 19.4 Å². The van der Waals surface area contributed by atoms with Crippen LogP contribution in [0.3, 0.4) is 0 Å². The van der Waals surface area contributed by atoms with Crippen LogP contribution in [0.15, 0.2) is 64.1 Å². The van der Waals surface area contributed by atoms with Crippen LogP contribution in [0.1, 0.15) is 36.8 Å². The lowest BCUT2D eigenvalue weighted by atomic mass is 10.0. The highest BCUT2D eigenvalue weighted by Crippen LogP contribution is 2.24. The van der Waals surface area contributed by atoms with Crippen LogP contribution >= 0.6 is 0 Å². The van der Waals surface area contributed by atoms with Crippen LogP contribution in [0.5, 0.6) is 5.75 Å². The van der Waals surface area contributed by atoms with Crippen molar-refractivity contribution < 1.29 is 33.8 Å². The number of carboxylic acids is 2. The zero-order chi connectivity index (χ0) is 21.7. The summed E-state index contributed by atoms with van der Waals surface area (Å²) >= 11 is 0. The van der Waals surface area contributed by atoms with Crippen molar-refractivity contribution in [1.82, 2.24) is 5.43 Å². The van der Waals surface area contributed by atoms with Crippen LogP contribution in [0.2, 0.25) is 0 Å². The van der Waals surface area contributed by atoms with Crippen LogP contribution in [0.4, 0.5) is 0 Å². The van der Waals surface area contributed by atoms with E-state index >= 15 is 0 Å². The minimum absolute atomic E-state index is 0.178. The number of nitrogens with zero attached hydrogens (tertiary/aromatic N) is 1. The quantitative estimate of drug-likeness (QED) is 0.403. The number of hydrogen-bond acceptors (Lipinski definition) is 6. The number of nitrogens with one attached hydrogen (secondary N) is 1. The first-order valence-corrected chi connectivity index (χ1v) is 8.56. The van der Waals surface area contributed by atoms with E-state index in [1.165, 1.54) is 25.5 Å². The molecule has 0 aliphatic carbocycles. The summed E-state index contributed by atoms with van der Waals surface area (Å²) in [5, 5.41) is 22.2. The molecule has 0 spiro atoms. The number of furan rings is 1. The summed E-state index contributed by atoms with van der Waals surface area (Å²) in [4.78, 5) is 34.5. The maximum absolute atomic E-state index is 12.1. The topological polar surface area (TPSA) is 138 Å². The normalized spacial score (nSPS) is 10.7. The second-order valence-electron chi connectivity index (χ2n) is 6.04. The molecule has 0 fully saturated rings. The SMILES string of the molecule is COc1ccc(C(=O)N/N=C\c2ccc(-c3cc(C(=O)O)cc(C(=O)O)c3)o2)cc1.